The molecule has 0 unspecified atom stereocenters. The highest BCUT2D eigenvalue weighted by atomic mass is 16.2. The average molecular weight is 361 g/mol. The van der Waals surface area contributed by atoms with Crippen molar-refractivity contribution in [3.8, 4) is 0 Å². The number of hydrogen-bond acceptors (Lipinski definition) is 2. The molecule has 1 aromatic heterocycles. The van der Waals surface area contributed by atoms with E-state index in [9.17, 15) is 9.59 Å². The molecule has 2 amide bonds. The molecule has 2 aromatic carbocycles. The van der Waals surface area contributed by atoms with Crippen molar-refractivity contribution in [2.45, 2.75) is 20.0 Å². The molecule has 0 saturated heterocycles. The van der Waals surface area contributed by atoms with Crippen LogP contribution in [0.15, 0.2) is 72.9 Å². The van der Waals surface area contributed by atoms with Crippen LogP contribution in [0.1, 0.15) is 38.9 Å². The van der Waals surface area contributed by atoms with Gasteiger partial charge in [0.2, 0.25) is 0 Å². The van der Waals surface area contributed by atoms with Crippen LogP contribution in [0, 0.1) is 0 Å². The molecule has 0 aliphatic rings. The largest absolute Gasteiger partial charge is 0.352 e. The Labute approximate surface area is 159 Å². The van der Waals surface area contributed by atoms with E-state index in [4.69, 9.17) is 0 Å². The van der Waals surface area contributed by atoms with E-state index < -0.39 is 0 Å². The lowest BCUT2D eigenvalue weighted by atomic mass is 10.1. The van der Waals surface area contributed by atoms with Gasteiger partial charge in [0.05, 0.1) is 0 Å². The standard InChI is InChI=1S/C22H23N3O2/c1-2-23-21(26)19-11-6-10-18(14-19)15-24-22(27)20-12-7-13-25(20)16-17-8-4-3-5-9-17/h3-14H,2,15-16H2,1H3,(H,23,26)(H,24,27). The lowest BCUT2D eigenvalue weighted by molar-refractivity contribution is 0.0940. The fourth-order valence-corrected chi connectivity index (χ4v) is 2.90. The van der Waals surface area contributed by atoms with Crippen molar-refractivity contribution in [2.75, 3.05) is 6.54 Å². The monoisotopic (exact) mass is 361 g/mol. The minimum atomic E-state index is -0.139. The Balaban J connectivity index is 1.64. The molecule has 27 heavy (non-hydrogen) atoms. The first-order valence-electron chi connectivity index (χ1n) is 9.01. The highest BCUT2D eigenvalue weighted by Crippen LogP contribution is 2.09. The molecular weight excluding hydrogens is 338 g/mol. The smallest absolute Gasteiger partial charge is 0.268 e. The Morgan fingerprint density at radius 1 is 0.852 bits per heavy atom. The summed E-state index contributed by atoms with van der Waals surface area (Å²) < 4.78 is 1.93. The lowest BCUT2D eigenvalue weighted by Crippen LogP contribution is -2.26. The van der Waals surface area contributed by atoms with Crippen LogP contribution in [0.4, 0.5) is 0 Å². The molecule has 1 heterocycles. The van der Waals surface area contributed by atoms with E-state index in [0.29, 0.717) is 30.9 Å². The topological polar surface area (TPSA) is 63.1 Å². The molecule has 0 radical (unpaired) electrons. The van der Waals surface area contributed by atoms with Crippen LogP contribution in [0.25, 0.3) is 0 Å². The third kappa shape index (κ3) is 4.85. The summed E-state index contributed by atoms with van der Waals surface area (Å²) in [6.45, 7) is 3.47. The summed E-state index contributed by atoms with van der Waals surface area (Å²) in [5.74, 6) is -0.248. The number of carbonyl (C=O) groups excluding carboxylic acids is 2. The molecule has 5 nitrogen and oxygen atoms in total. The number of amides is 2. The maximum Gasteiger partial charge on any atom is 0.268 e. The first kappa shape index (κ1) is 18.5. The molecule has 5 heteroatoms. The Kier molecular flexibility index (Phi) is 6.05. The number of carbonyl (C=O) groups is 2. The first-order valence-corrected chi connectivity index (χ1v) is 9.01. The van der Waals surface area contributed by atoms with Gasteiger partial charge < -0.3 is 15.2 Å². The van der Waals surface area contributed by atoms with Gasteiger partial charge in [0.15, 0.2) is 0 Å². The van der Waals surface area contributed by atoms with Crippen LogP contribution in [0.5, 0.6) is 0 Å². The predicted octanol–water partition coefficient (Wildman–Crippen LogP) is 3.22. The number of rotatable bonds is 7. The fraction of sp³-hybridized carbons (Fsp3) is 0.182. The van der Waals surface area contributed by atoms with Gasteiger partial charge in [0, 0.05) is 31.4 Å². The van der Waals surface area contributed by atoms with E-state index in [1.807, 2.05) is 72.3 Å². The quantitative estimate of drug-likeness (QED) is 0.679. The van der Waals surface area contributed by atoms with Crippen molar-refractivity contribution < 1.29 is 9.59 Å². The van der Waals surface area contributed by atoms with Crippen molar-refractivity contribution >= 4 is 11.8 Å². The second-order valence-corrected chi connectivity index (χ2v) is 6.25. The Hall–Kier alpha value is -3.34. The second-order valence-electron chi connectivity index (χ2n) is 6.25. The van der Waals surface area contributed by atoms with Gasteiger partial charge in [-0.3, -0.25) is 9.59 Å². The van der Waals surface area contributed by atoms with Crippen molar-refractivity contribution in [1.82, 2.24) is 15.2 Å². The Morgan fingerprint density at radius 2 is 1.63 bits per heavy atom. The molecule has 0 spiro atoms. The van der Waals surface area contributed by atoms with Crippen molar-refractivity contribution in [1.29, 1.82) is 0 Å². The van der Waals surface area contributed by atoms with Gasteiger partial charge in [-0.2, -0.15) is 0 Å². The number of nitrogens with zero attached hydrogens (tertiary/aromatic N) is 1. The zero-order chi connectivity index (χ0) is 19.1. The van der Waals surface area contributed by atoms with E-state index in [2.05, 4.69) is 10.6 Å². The van der Waals surface area contributed by atoms with Crippen LogP contribution >= 0.6 is 0 Å². The minimum Gasteiger partial charge on any atom is -0.352 e. The predicted molar refractivity (Wildman–Crippen MR) is 106 cm³/mol. The molecule has 0 saturated carbocycles. The second kappa shape index (κ2) is 8.85. The van der Waals surface area contributed by atoms with Gasteiger partial charge in [-0.1, -0.05) is 42.5 Å². The van der Waals surface area contributed by atoms with Gasteiger partial charge in [0.1, 0.15) is 5.69 Å². The Morgan fingerprint density at radius 3 is 2.41 bits per heavy atom. The third-order valence-electron chi connectivity index (χ3n) is 4.24. The van der Waals surface area contributed by atoms with Gasteiger partial charge in [-0.25, -0.2) is 0 Å². The summed E-state index contributed by atoms with van der Waals surface area (Å²) in [6.07, 6.45) is 1.90. The van der Waals surface area contributed by atoms with E-state index in [0.717, 1.165) is 11.1 Å². The van der Waals surface area contributed by atoms with Gasteiger partial charge in [0.25, 0.3) is 11.8 Å². The molecule has 0 aliphatic heterocycles. The molecule has 0 fully saturated rings. The van der Waals surface area contributed by atoms with Gasteiger partial charge in [-0.15, -0.1) is 0 Å². The van der Waals surface area contributed by atoms with Crippen LogP contribution in [-0.2, 0) is 13.1 Å². The van der Waals surface area contributed by atoms with Crippen LogP contribution in [-0.4, -0.2) is 22.9 Å². The zero-order valence-corrected chi connectivity index (χ0v) is 15.3. The summed E-state index contributed by atoms with van der Waals surface area (Å²) in [6, 6.07) is 21.0. The van der Waals surface area contributed by atoms with Crippen LogP contribution < -0.4 is 10.6 Å². The highest BCUT2D eigenvalue weighted by molar-refractivity contribution is 5.94. The summed E-state index contributed by atoms with van der Waals surface area (Å²) in [5.41, 5.74) is 3.22. The summed E-state index contributed by atoms with van der Waals surface area (Å²) >= 11 is 0. The fourth-order valence-electron chi connectivity index (χ4n) is 2.90. The first-order chi connectivity index (χ1) is 13.2. The van der Waals surface area contributed by atoms with Crippen LogP contribution in [0.2, 0.25) is 0 Å². The maximum atomic E-state index is 12.6. The third-order valence-corrected chi connectivity index (χ3v) is 4.24. The zero-order valence-electron chi connectivity index (χ0n) is 15.3. The molecule has 0 bridgehead atoms. The Bertz CT molecular complexity index is 916. The van der Waals surface area contributed by atoms with E-state index in [-0.39, 0.29) is 11.8 Å². The van der Waals surface area contributed by atoms with E-state index >= 15 is 0 Å². The normalized spacial score (nSPS) is 10.4. The number of nitrogens with one attached hydrogen (secondary N) is 2. The summed E-state index contributed by atoms with van der Waals surface area (Å²) in [4.78, 5) is 24.5. The van der Waals surface area contributed by atoms with Gasteiger partial charge in [-0.05, 0) is 42.3 Å². The summed E-state index contributed by atoms with van der Waals surface area (Å²) in [7, 11) is 0. The molecular formula is C22H23N3O2. The van der Waals surface area contributed by atoms with E-state index in [1.54, 1.807) is 12.1 Å². The highest BCUT2D eigenvalue weighted by Gasteiger charge is 2.11. The molecule has 138 valence electrons. The van der Waals surface area contributed by atoms with Crippen molar-refractivity contribution in [3.05, 3.63) is 95.3 Å². The van der Waals surface area contributed by atoms with Crippen LogP contribution in [0.3, 0.4) is 0 Å². The molecule has 2 N–H and O–H groups in total. The summed E-state index contributed by atoms with van der Waals surface area (Å²) in [5, 5.41) is 5.71. The lowest BCUT2D eigenvalue weighted by Gasteiger charge is -2.11. The number of benzene rings is 2. The molecule has 3 aromatic rings. The molecule has 0 aliphatic carbocycles. The number of aromatic nitrogens is 1. The van der Waals surface area contributed by atoms with Crippen molar-refractivity contribution in [3.63, 3.8) is 0 Å². The maximum absolute atomic E-state index is 12.6. The minimum absolute atomic E-state index is 0.109. The van der Waals surface area contributed by atoms with Gasteiger partial charge >= 0.3 is 0 Å². The SMILES string of the molecule is CCNC(=O)c1cccc(CNC(=O)c2cccn2Cc2ccccc2)c1. The average Bonchev–Trinajstić information content (AvgIpc) is 3.15. The molecule has 0 atom stereocenters. The van der Waals surface area contributed by atoms with Crippen molar-refractivity contribution in [2.24, 2.45) is 0 Å². The number of hydrogen-bond donors (Lipinski definition) is 2. The van der Waals surface area contributed by atoms with E-state index in [1.165, 1.54) is 0 Å². The molecule has 3 rings (SSSR count).